The van der Waals surface area contributed by atoms with Gasteiger partial charge in [0.25, 0.3) is 0 Å². The van der Waals surface area contributed by atoms with Crippen molar-refractivity contribution in [3.63, 3.8) is 0 Å². The second-order valence-electron chi connectivity index (χ2n) is 3.15. The van der Waals surface area contributed by atoms with E-state index in [0.29, 0.717) is 6.54 Å². The molecule has 0 aliphatic carbocycles. The molecule has 0 spiro atoms. The van der Waals surface area contributed by atoms with E-state index in [1.165, 1.54) is 5.56 Å². The molecular formula is C10H17N3O. The fourth-order valence-electron chi connectivity index (χ4n) is 1.14. The van der Waals surface area contributed by atoms with E-state index in [2.05, 4.69) is 15.6 Å². The van der Waals surface area contributed by atoms with Gasteiger partial charge in [-0.1, -0.05) is 6.92 Å². The Morgan fingerprint density at radius 2 is 2.21 bits per heavy atom. The number of aromatic nitrogens is 1. The van der Waals surface area contributed by atoms with Crippen molar-refractivity contribution in [2.75, 3.05) is 13.1 Å². The molecule has 0 atom stereocenters. The summed E-state index contributed by atoms with van der Waals surface area (Å²) < 4.78 is 0. The first-order valence-corrected chi connectivity index (χ1v) is 4.96. The summed E-state index contributed by atoms with van der Waals surface area (Å²) in [6, 6.07) is 1.92. The minimum absolute atomic E-state index is 0.0811. The number of aromatic amines is 1. The van der Waals surface area contributed by atoms with Crippen molar-refractivity contribution in [2.45, 2.75) is 19.8 Å². The lowest BCUT2D eigenvalue weighted by atomic mass is 10.2. The van der Waals surface area contributed by atoms with Gasteiger partial charge in [0, 0.05) is 25.5 Å². The predicted octanol–water partition coefficient (Wildman–Crippen LogP) is 1.27. The highest BCUT2D eigenvalue weighted by Gasteiger charge is 1.97. The second-order valence-corrected chi connectivity index (χ2v) is 3.15. The lowest BCUT2D eigenvalue weighted by Crippen LogP contribution is -2.36. The van der Waals surface area contributed by atoms with Crippen molar-refractivity contribution in [1.82, 2.24) is 15.6 Å². The Balaban J connectivity index is 2.06. The summed E-state index contributed by atoms with van der Waals surface area (Å²) in [5, 5.41) is 5.55. The second kappa shape index (κ2) is 6.07. The van der Waals surface area contributed by atoms with Gasteiger partial charge in [0.1, 0.15) is 0 Å². The third-order valence-electron chi connectivity index (χ3n) is 1.90. The minimum Gasteiger partial charge on any atom is -0.367 e. The molecule has 78 valence electrons. The van der Waals surface area contributed by atoms with Gasteiger partial charge in [0.2, 0.25) is 0 Å². The van der Waals surface area contributed by atoms with Crippen LogP contribution in [0.3, 0.4) is 0 Å². The highest BCUT2D eigenvalue weighted by Crippen LogP contribution is 1.95. The number of amides is 2. The van der Waals surface area contributed by atoms with Gasteiger partial charge in [-0.15, -0.1) is 0 Å². The Hall–Kier alpha value is -1.45. The van der Waals surface area contributed by atoms with Crippen molar-refractivity contribution >= 4 is 6.03 Å². The first kappa shape index (κ1) is 10.6. The molecule has 0 aliphatic heterocycles. The largest absolute Gasteiger partial charge is 0.367 e. The van der Waals surface area contributed by atoms with Gasteiger partial charge in [0.15, 0.2) is 0 Å². The highest BCUT2D eigenvalue weighted by atomic mass is 16.2. The Morgan fingerprint density at radius 3 is 2.86 bits per heavy atom. The van der Waals surface area contributed by atoms with Crippen LogP contribution in [0.25, 0.3) is 0 Å². The number of rotatable bonds is 5. The molecule has 14 heavy (non-hydrogen) atoms. The van der Waals surface area contributed by atoms with Crippen LogP contribution in [0, 0.1) is 0 Å². The first-order chi connectivity index (χ1) is 6.83. The molecule has 0 aliphatic rings. The van der Waals surface area contributed by atoms with Crippen LogP contribution in [-0.2, 0) is 6.42 Å². The average Bonchev–Trinajstić information content (AvgIpc) is 2.67. The summed E-state index contributed by atoms with van der Waals surface area (Å²) in [5.74, 6) is 0. The Labute approximate surface area is 84.1 Å². The molecule has 0 radical (unpaired) electrons. The number of hydrogen-bond acceptors (Lipinski definition) is 1. The van der Waals surface area contributed by atoms with E-state index in [0.717, 1.165) is 19.4 Å². The van der Waals surface area contributed by atoms with Gasteiger partial charge in [0.05, 0.1) is 0 Å². The van der Waals surface area contributed by atoms with E-state index in [4.69, 9.17) is 0 Å². The topological polar surface area (TPSA) is 56.9 Å². The Kier molecular flexibility index (Phi) is 4.61. The normalized spacial score (nSPS) is 9.79. The van der Waals surface area contributed by atoms with Crippen molar-refractivity contribution in [3.8, 4) is 0 Å². The van der Waals surface area contributed by atoms with Gasteiger partial charge in [-0.25, -0.2) is 4.79 Å². The lowest BCUT2D eigenvalue weighted by Gasteiger charge is -2.05. The molecule has 1 rings (SSSR count). The molecule has 0 saturated carbocycles. The number of carbonyl (C=O) groups is 1. The summed E-state index contributed by atoms with van der Waals surface area (Å²) >= 11 is 0. The maximum atomic E-state index is 11.1. The summed E-state index contributed by atoms with van der Waals surface area (Å²) in [6.07, 6.45) is 5.65. The Bertz CT molecular complexity index is 256. The number of nitrogens with one attached hydrogen (secondary N) is 3. The average molecular weight is 195 g/mol. The van der Waals surface area contributed by atoms with Crippen LogP contribution in [0.2, 0.25) is 0 Å². The van der Waals surface area contributed by atoms with Gasteiger partial charge in [-0.05, 0) is 24.5 Å². The third-order valence-corrected chi connectivity index (χ3v) is 1.90. The van der Waals surface area contributed by atoms with E-state index in [-0.39, 0.29) is 6.03 Å². The maximum absolute atomic E-state index is 11.1. The molecule has 0 saturated heterocycles. The van der Waals surface area contributed by atoms with E-state index >= 15 is 0 Å². The summed E-state index contributed by atoms with van der Waals surface area (Å²) in [6.45, 7) is 3.43. The van der Waals surface area contributed by atoms with Crippen LogP contribution in [-0.4, -0.2) is 24.1 Å². The van der Waals surface area contributed by atoms with E-state index in [9.17, 15) is 4.79 Å². The van der Waals surface area contributed by atoms with Crippen LogP contribution in [0.1, 0.15) is 18.9 Å². The number of hydrogen-bond donors (Lipinski definition) is 3. The first-order valence-electron chi connectivity index (χ1n) is 4.96. The zero-order valence-corrected chi connectivity index (χ0v) is 8.47. The van der Waals surface area contributed by atoms with Crippen molar-refractivity contribution in [3.05, 3.63) is 24.0 Å². The molecule has 1 aromatic rings. The molecule has 3 N–H and O–H groups in total. The predicted molar refractivity (Wildman–Crippen MR) is 56.2 cm³/mol. The molecule has 0 bridgehead atoms. The quantitative estimate of drug-likeness (QED) is 0.651. The zero-order valence-electron chi connectivity index (χ0n) is 8.47. The van der Waals surface area contributed by atoms with Crippen LogP contribution in [0.5, 0.6) is 0 Å². The standard InChI is InChI=1S/C10H17N3O/c1-2-5-12-10(14)13-7-4-9-3-6-11-8-9/h3,6,8,11H,2,4-5,7H2,1H3,(H2,12,13,14). The monoisotopic (exact) mass is 195 g/mol. The molecular weight excluding hydrogens is 178 g/mol. The SMILES string of the molecule is CCCNC(=O)NCCc1cc[nH]c1. The number of carbonyl (C=O) groups excluding carboxylic acids is 1. The van der Waals surface area contributed by atoms with E-state index < -0.39 is 0 Å². The van der Waals surface area contributed by atoms with Gasteiger partial charge >= 0.3 is 6.03 Å². The summed E-state index contributed by atoms with van der Waals surface area (Å²) in [7, 11) is 0. The number of H-pyrrole nitrogens is 1. The fraction of sp³-hybridized carbons (Fsp3) is 0.500. The van der Waals surface area contributed by atoms with Gasteiger partial charge in [-0.3, -0.25) is 0 Å². The minimum atomic E-state index is -0.0811. The molecule has 0 unspecified atom stereocenters. The summed E-state index contributed by atoms with van der Waals surface area (Å²) in [4.78, 5) is 14.1. The molecule has 0 aromatic carbocycles. The van der Waals surface area contributed by atoms with Gasteiger partial charge < -0.3 is 15.6 Å². The fourth-order valence-corrected chi connectivity index (χ4v) is 1.14. The van der Waals surface area contributed by atoms with Crippen molar-refractivity contribution in [2.24, 2.45) is 0 Å². The smallest absolute Gasteiger partial charge is 0.314 e. The van der Waals surface area contributed by atoms with Crippen LogP contribution in [0.4, 0.5) is 4.79 Å². The molecule has 1 heterocycles. The Morgan fingerprint density at radius 1 is 1.43 bits per heavy atom. The van der Waals surface area contributed by atoms with Crippen molar-refractivity contribution in [1.29, 1.82) is 0 Å². The molecule has 2 amide bonds. The molecule has 1 aromatic heterocycles. The zero-order chi connectivity index (χ0) is 10.2. The van der Waals surface area contributed by atoms with Gasteiger partial charge in [-0.2, -0.15) is 0 Å². The van der Waals surface area contributed by atoms with Crippen molar-refractivity contribution < 1.29 is 4.79 Å². The molecule has 4 nitrogen and oxygen atoms in total. The molecule has 4 heteroatoms. The van der Waals surface area contributed by atoms with Crippen LogP contribution < -0.4 is 10.6 Å². The lowest BCUT2D eigenvalue weighted by molar-refractivity contribution is 0.241. The van der Waals surface area contributed by atoms with E-state index in [1.807, 2.05) is 25.4 Å². The summed E-state index contributed by atoms with van der Waals surface area (Å²) in [5.41, 5.74) is 1.21. The maximum Gasteiger partial charge on any atom is 0.314 e. The van der Waals surface area contributed by atoms with Crippen LogP contribution >= 0.6 is 0 Å². The number of urea groups is 1. The van der Waals surface area contributed by atoms with E-state index in [1.54, 1.807) is 0 Å². The van der Waals surface area contributed by atoms with Crippen LogP contribution in [0.15, 0.2) is 18.5 Å². The molecule has 0 fully saturated rings. The third kappa shape index (κ3) is 3.98. The highest BCUT2D eigenvalue weighted by molar-refractivity contribution is 5.73.